The monoisotopic (exact) mass is 271 g/mol. The SMILES string of the molecule is CCSCCCNc1ncnc(NC)c1[N+](=O)[O-]. The molecule has 18 heavy (non-hydrogen) atoms. The third-order valence-corrected chi connectivity index (χ3v) is 3.19. The Bertz CT molecular complexity index is 402. The second kappa shape index (κ2) is 7.70. The Labute approximate surface area is 110 Å². The normalized spacial score (nSPS) is 10.1. The van der Waals surface area contributed by atoms with Gasteiger partial charge in [-0.1, -0.05) is 6.92 Å². The van der Waals surface area contributed by atoms with Gasteiger partial charge in [0, 0.05) is 13.6 Å². The van der Waals surface area contributed by atoms with Crippen LogP contribution in [0.4, 0.5) is 17.3 Å². The van der Waals surface area contributed by atoms with Crippen LogP contribution in [-0.4, -0.2) is 40.0 Å². The summed E-state index contributed by atoms with van der Waals surface area (Å²) in [4.78, 5) is 18.2. The van der Waals surface area contributed by atoms with E-state index in [-0.39, 0.29) is 17.3 Å². The van der Waals surface area contributed by atoms with Gasteiger partial charge in [0.25, 0.3) is 0 Å². The molecule has 1 aromatic rings. The molecule has 1 heterocycles. The first-order valence-electron chi connectivity index (χ1n) is 5.69. The van der Waals surface area contributed by atoms with Gasteiger partial charge in [0.1, 0.15) is 6.33 Å². The molecule has 0 unspecified atom stereocenters. The van der Waals surface area contributed by atoms with E-state index in [4.69, 9.17) is 0 Å². The third kappa shape index (κ3) is 4.02. The number of thioether (sulfide) groups is 1. The van der Waals surface area contributed by atoms with Crippen LogP contribution in [0.1, 0.15) is 13.3 Å². The van der Waals surface area contributed by atoms with Crippen LogP contribution in [0, 0.1) is 10.1 Å². The molecule has 2 N–H and O–H groups in total. The van der Waals surface area contributed by atoms with Crippen molar-refractivity contribution in [1.82, 2.24) is 9.97 Å². The summed E-state index contributed by atoms with van der Waals surface area (Å²) in [6.45, 7) is 2.76. The summed E-state index contributed by atoms with van der Waals surface area (Å²) < 4.78 is 0. The fraction of sp³-hybridized carbons (Fsp3) is 0.600. The smallest absolute Gasteiger partial charge is 0.353 e. The van der Waals surface area contributed by atoms with Crippen molar-refractivity contribution in [3.63, 3.8) is 0 Å². The molecule has 1 rings (SSSR count). The van der Waals surface area contributed by atoms with E-state index in [1.54, 1.807) is 7.05 Å². The summed E-state index contributed by atoms with van der Waals surface area (Å²) in [6, 6.07) is 0. The molecule has 1 aromatic heterocycles. The van der Waals surface area contributed by atoms with Crippen LogP contribution in [0.25, 0.3) is 0 Å². The maximum Gasteiger partial charge on any atom is 0.353 e. The van der Waals surface area contributed by atoms with E-state index in [0.29, 0.717) is 6.54 Å². The zero-order valence-corrected chi connectivity index (χ0v) is 11.3. The van der Waals surface area contributed by atoms with Gasteiger partial charge in [0.15, 0.2) is 0 Å². The Hall–Kier alpha value is -1.57. The van der Waals surface area contributed by atoms with E-state index in [1.165, 1.54) is 6.33 Å². The van der Waals surface area contributed by atoms with E-state index >= 15 is 0 Å². The molecule has 0 saturated heterocycles. The predicted molar refractivity (Wildman–Crippen MR) is 74.3 cm³/mol. The minimum Gasteiger partial charge on any atom is -0.367 e. The van der Waals surface area contributed by atoms with Crippen molar-refractivity contribution < 1.29 is 4.92 Å². The number of rotatable bonds is 8. The molecule has 0 aliphatic heterocycles. The maximum absolute atomic E-state index is 11.0. The first-order chi connectivity index (χ1) is 8.70. The van der Waals surface area contributed by atoms with Crippen molar-refractivity contribution in [2.75, 3.05) is 35.7 Å². The quantitative estimate of drug-likeness (QED) is 0.424. The Morgan fingerprint density at radius 1 is 1.44 bits per heavy atom. The molecular weight excluding hydrogens is 254 g/mol. The second-order valence-electron chi connectivity index (χ2n) is 3.40. The first kappa shape index (κ1) is 14.5. The lowest BCUT2D eigenvalue weighted by Crippen LogP contribution is -2.09. The Morgan fingerprint density at radius 3 is 2.78 bits per heavy atom. The second-order valence-corrected chi connectivity index (χ2v) is 4.80. The van der Waals surface area contributed by atoms with Crippen molar-refractivity contribution in [2.24, 2.45) is 0 Å². The number of nitrogens with one attached hydrogen (secondary N) is 2. The van der Waals surface area contributed by atoms with Crippen LogP contribution in [0.15, 0.2) is 6.33 Å². The number of nitrogens with zero attached hydrogens (tertiary/aromatic N) is 3. The molecule has 100 valence electrons. The van der Waals surface area contributed by atoms with Gasteiger partial charge >= 0.3 is 5.69 Å². The van der Waals surface area contributed by atoms with Gasteiger partial charge in [-0.2, -0.15) is 11.8 Å². The minimum atomic E-state index is -0.477. The Morgan fingerprint density at radius 2 is 2.17 bits per heavy atom. The maximum atomic E-state index is 11.0. The molecule has 0 amide bonds. The fourth-order valence-corrected chi connectivity index (χ4v) is 2.03. The third-order valence-electron chi connectivity index (χ3n) is 2.20. The number of hydrogen-bond acceptors (Lipinski definition) is 7. The molecule has 0 bridgehead atoms. The number of hydrogen-bond donors (Lipinski definition) is 2. The van der Waals surface area contributed by atoms with Crippen LogP contribution in [0.2, 0.25) is 0 Å². The highest BCUT2D eigenvalue weighted by molar-refractivity contribution is 7.99. The van der Waals surface area contributed by atoms with Gasteiger partial charge in [0.2, 0.25) is 11.6 Å². The highest BCUT2D eigenvalue weighted by Gasteiger charge is 2.21. The molecule has 0 aliphatic rings. The minimum absolute atomic E-state index is 0.108. The van der Waals surface area contributed by atoms with Crippen LogP contribution in [0.5, 0.6) is 0 Å². The lowest BCUT2D eigenvalue weighted by Gasteiger charge is -2.07. The summed E-state index contributed by atoms with van der Waals surface area (Å²) in [5.41, 5.74) is -0.108. The zero-order chi connectivity index (χ0) is 13.4. The summed E-state index contributed by atoms with van der Waals surface area (Å²) in [5, 5.41) is 16.7. The number of nitro groups is 1. The molecule has 0 radical (unpaired) electrons. The van der Waals surface area contributed by atoms with Gasteiger partial charge in [-0.15, -0.1) is 0 Å². The topological polar surface area (TPSA) is 93.0 Å². The van der Waals surface area contributed by atoms with E-state index in [0.717, 1.165) is 17.9 Å². The van der Waals surface area contributed by atoms with Crippen molar-refractivity contribution in [3.8, 4) is 0 Å². The zero-order valence-electron chi connectivity index (χ0n) is 10.5. The van der Waals surface area contributed by atoms with Gasteiger partial charge in [-0.3, -0.25) is 10.1 Å². The van der Waals surface area contributed by atoms with Crippen molar-refractivity contribution in [3.05, 3.63) is 16.4 Å². The van der Waals surface area contributed by atoms with Gasteiger partial charge in [-0.05, 0) is 17.9 Å². The summed E-state index contributed by atoms with van der Waals surface area (Å²) >= 11 is 1.84. The van der Waals surface area contributed by atoms with Crippen molar-refractivity contribution in [1.29, 1.82) is 0 Å². The number of aromatic nitrogens is 2. The number of anilines is 2. The van der Waals surface area contributed by atoms with E-state index < -0.39 is 4.92 Å². The lowest BCUT2D eigenvalue weighted by molar-refractivity contribution is -0.383. The van der Waals surface area contributed by atoms with Crippen LogP contribution in [0.3, 0.4) is 0 Å². The Balaban J connectivity index is 2.67. The average Bonchev–Trinajstić information content (AvgIpc) is 2.37. The fourth-order valence-electron chi connectivity index (χ4n) is 1.39. The van der Waals surface area contributed by atoms with Crippen LogP contribution in [-0.2, 0) is 0 Å². The molecule has 0 spiro atoms. The van der Waals surface area contributed by atoms with Crippen LogP contribution < -0.4 is 10.6 Å². The molecule has 0 fully saturated rings. The molecule has 0 saturated carbocycles. The van der Waals surface area contributed by atoms with E-state index in [1.807, 2.05) is 11.8 Å². The summed E-state index contributed by atoms with van der Waals surface area (Å²) in [6.07, 6.45) is 2.25. The lowest BCUT2D eigenvalue weighted by atomic mass is 10.4. The molecule has 8 heteroatoms. The molecule has 0 aliphatic carbocycles. The summed E-state index contributed by atoms with van der Waals surface area (Å²) in [5.74, 6) is 2.60. The summed E-state index contributed by atoms with van der Waals surface area (Å²) in [7, 11) is 1.59. The highest BCUT2D eigenvalue weighted by Crippen LogP contribution is 2.28. The predicted octanol–water partition coefficient (Wildman–Crippen LogP) is 1.98. The van der Waals surface area contributed by atoms with Gasteiger partial charge in [0.05, 0.1) is 4.92 Å². The van der Waals surface area contributed by atoms with E-state index in [2.05, 4.69) is 27.5 Å². The van der Waals surface area contributed by atoms with E-state index in [9.17, 15) is 10.1 Å². The Kier molecular flexibility index (Phi) is 6.20. The average molecular weight is 271 g/mol. The van der Waals surface area contributed by atoms with Gasteiger partial charge in [-0.25, -0.2) is 9.97 Å². The van der Waals surface area contributed by atoms with Crippen molar-refractivity contribution in [2.45, 2.75) is 13.3 Å². The highest BCUT2D eigenvalue weighted by atomic mass is 32.2. The molecule has 0 atom stereocenters. The van der Waals surface area contributed by atoms with Crippen molar-refractivity contribution >= 4 is 29.1 Å². The van der Waals surface area contributed by atoms with Gasteiger partial charge < -0.3 is 10.6 Å². The molecule has 7 nitrogen and oxygen atoms in total. The standard InChI is InChI=1S/C10H17N5O2S/c1-3-18-6-4-5-12-10-8(15(16)17)9(11-2)13-7-14-10/h7H,3-6H2,1-2H3,(H2,11,12,13,14). The largest absolute Gasteiger partial charge is 0.367 e. The first-order valence-corrected chi connectivity index (χ1v) is 6.85. The van der Waals surface area contributed by atoms with Crippen LogP contribution >= 0.6 is 11.8 Å². The molecular formula is C10H17N5O2S. The molecule has 0 aromatic carbocycles.